The maximum atomic E-state index is 11.7. The van der Waals surface area contributed by atoms with Crippen molar-refractivity contribution < 1.29 is 17.4 Å². The van der Waals surface area contributed by atoms with Gasteiger partial charge in [-0.15, -0.1) is 0 Å². The van der Waals surface area contributed by atoms with Crippen LogP contribution in [0.2, 0.25) is 0 Å². The van der Waals surface area contributed by atoms with Gasteiger partial charge in [0.2, 0.25) is 0 Å². The number of fused-ring (bicyclic) bond motifs is 1. The summed E-state index contributed by atoms with van der Waals surface area (Å²) in [5.74, 6) is 0. The molecule has 2 atom stereocenters. The van der Waals surface area contributed by atoms with E-state index in [1.54, 1.807) is 0 Å². The molecule has 5 nitrogen and oxygen atoms in total. The van der Waals surface area contributed by atoms with E-state index < -0.39 is 21.5 Å². The van der Waals surface area contributed by atoms with Crippen molar-refractivity contribution in [2.75, 3.05) is 6.61 Å². The number of aryl methyl sites for hydroxylation is 1. The van der Waals surface area contributed by atoms with E-state index in [0.29, 0.717) is 5.71 Å². The van der Waals surface area contributed by atoms with Crippen LogP contribution in [-0.2, 0) is 19.1 Å². The van der Waals surface area contributed by atoms with Gasteiger partial charge in [0.25, 0.3) is 10.1 Å². The minimum absolute atomic E-state index is 0.0474. The van der Waals surface area contributed by atoms with Gasteiger partial charge < -0.3 is 4.84 Å². The van der Waals surface area contributed by atoms with Crippen molar-refractivity contribution in [2.45, 2.75) is 18.3 Å². The summed E-state index contributed by atoms with van der Waals surface area (Å²) in [6, 6.07) is 7.52. The lowest BCUT2D eigenvalue weighted by Gasteiger charge is -2.07. The van der Waals surface area contributed by atoms with E-state index in [-0.39, 0.29) is 6.61 Å². The van der Waals surface area contributed by atoms with E-state index in [2.05, 4.69) is 5.16 Å². The quantitative estimate of drug-likeness (QED) is 0.695. The van der Waals surface area contributed by atoms with Gasteiger partial charge in [-0.1, -0.05) is 35.0 Å². The van der Waals surface area contributed by atoms with Crippen LogP contribution in [0.3, 0.4) is 0 Å². The monoisotopic (exact) mass is 253 g/mol. The summed E-state index contributed by atoms with van der Waals surface area (Å²) >= 11 is 0. The molecule has 0 N–H and O–H groups in total. The van der Waals surface area contributed by atoms with Gasteiger partial charge in [0.05, 0.1) is 0 Å². The van der Waals surface area contributed by atoms with Crippen LogP contribution in [0.15, 0.2) is 29.4 Å². The van der Waals surface area contributed by atoms with Crippen LogP contribution < -0.4 is 0 Å². The van der Waals surface area contributed by atoms with Gasteiger partial charge in [-0.2, -0.15) is 8.42 Å². The minimum atomic E-state index is -3.59. The Kier molecular flexibility index (Phi) is 2.24. The number of benzene rings is 1. The molecule has 0 bridgehead atoms. The van der Waals surface area contributed by atoms with Gasteiger partial charge in [0.15, 0.2) is 11.4 Å². The van der Waals surface area contributed by atoms with Crippen LogP contribution in [0.25, 0.3) is 0 Å². The second kappa shape index (κ2) is 3.54. The predicted octanol–water partition coefficient (Wildman–Crippen LogP) is 0.827. The number of oxime groups is 1. The zero-order valence-electron chi connectivity index (χ0n) is 9.16. The smallest absolute Gasteiger partial charge is 0.280 e. The zero-order chi connectivity index (χ0) is 12.0. The predicted molar refractivity (Wildman–Crippen MR) is 61.2 cm³/mol. The Bertz CT molecular complexity index is 593. The second-order valence-corrected chi connectivity index (χ2v) is 5.92. The lowest BCUT2D eigenvalue weighted by atomic mass is 10.0. The van der Waals surface area contributed by atoms with Crippen LogP contribution in [0.5, 0.6) is 0 Å². The molecule has 0 spiro atoms. The van der Waals surface area contributed by atoms with Crippen molar-refractivity contribution in [3.63, 3.8) is 0 Å². The number of hydrogen-bond donors (Lipinski definition) is 0. The summed E-state index contributed by atoms with van der Waals surface area (Å²) in [7, 11) is -3.59. The number of rotatable bonds is 1. The molecule has 1 aromatic rings. The average Bonchev–Trinajstić information content (AvgIpc) is 2.81. The first kappa shape index (κ1) is 10.7. The largest absolute Gasteiger partial charge is 0.388 e. The van der Waals surface area contributed by atoms with Crippen LogP contribution in [0, 0.1) is 6.92 Å². The molecule has 2 aliphatic heterocycles. The first-order chi connectivity index (χ1) is 8.08. The summed E-state index contributed by atoms with van der Waals surface area (Å²) in [5, 5.41) is 3.10. The molecule has 0 aromatic heterocycles. The normalized spacial score (nSPS) is 29.6. The molecule has 90 valence electrons. The average molecular weight is 253 g/mol. The van der Waals surface area contributed by atoms with Gasteiger partial charge in [-0.3, -0.25) is 4.18 Å². The summed E-state index contributed by atoms with van der Waals surface area (Å²) < 4.78 is 28.2. The van der Waals surface area contributed by atoms with E-state index in [1.165, 1.54) is 0 Å². The lowest BCUT2D eigenvalue weighted by Crippen LogP contribution is -2.31. The summed E-state index contributed by atoms with van der Waals surface area (Å²) in [6.45, 7) is 1.99. The Morgan fingerprint density at radius 2 is 2.24 bits per heavy atom. The standard InChI is InChI=1S/C11H11NO4S/c1-7-3-2-4-8(5-7)10-11-9(16-12-10)6-15-17(11,13)14/h2-5,9,11H,6H2,1H3. The molecule has 0 saturated carbocycles. The summed E-state index contributed by atoms with van der Waals surface area (Å²) in [6.07, 6.45) is -0.504. The summed E-state index contributed by atoms with van der Waals surface area (Å²) in [5.41, 5.74) is 2.26. The summed E-state index contributed by atoms with van der Waals surface area (Å²) in [4.78, 5) is 5.10. The van der Waals surface area contributed by atoms with Crippen molar-refractivity contribution in [1.29, 1.82) is 0 Å². The fourth-order valence-electron chi connectivity index (χ4n) is 2.10. The van der Waals surface area contributed by atoms with Crippen molar-refractivity contribution in [2.24, 2.45) is 5.16 Å². The highest BCUT2D eigenvalue weighted by molar-refractivity contribution is 7.88. The van der Waals surface area contributed by atoms with Crippen LogP contribution >= 0.6 is 0 Å². The van der Waals surface area contributed by atoms with E-state index in [4.69, 9.17) is 9.02 Å². The van der Waals surface area contributed by atoms with Gasteiger partial charge in [-0.25, -0.2) is 0 Å². The highest BCUT2D eigenvalue weighted by Gasteiger charge is 2.51. The highest BCUT2D eigenvalue weighted by Crippen LogP contribution is 2.30. The van der Waals surface area contributed by atoms with E-state index in [0.717, 1.165) is 11.1 Å². The van der Waals surface area contributed by atoms with Crippen LogP contribution in [0.4, 0.5) is 0 Å². The maximum absolute atomic E-state index is 11.7. The molecule has 0 aliphatic carbocycles. The Labute approximate surface area is 99.2 Å². The lowest BCUT2D eigenvalue weighted by molar-refractivity contribution is 0.0683. The Balaban J connectivity index is 2.05. The molecule has 2 aliphatic rings. The molecule has 3 rings (SSSR count). The fourth-order valence-corrected chi connectivity index (χ4v) is 3.53. The molecule has 6 heteroatoms. The molecule has 1 aromatic carbocycles. The molecule has 1 fully saturated rings. The Hall–Kier alpha value is -1.40. The zero-order valence-corrected chi connectivity index (χ0v) is 9.98. The first-order valence-corrected chi connectivity index (χ1v) is 6.74. The van der Waals surface area contributed by atoms with Gasteiger partial charge in [0, 0.05) is 5.56 Å². The Morgan fingerprint density at radius 3 is 3.00 bits per heavy atom. The van der Waals surface area contributed by atoms with Crippen LogP contribution in [-0.4, -0.2) is 32.1 Å². The van der Waals surface area contributed by atoms with E-state index in [1.807, 2.05) is 31.2 Å². The van der Waals surface area contributed by atoms with Crippen molar-refractivity contribution in [1.82, 2.24) is 0 Å². The van der Waals surface area contributed by atoms with E-state index >= 15 is 0 Å². The van der Waals surface area contributed by atoms with Crippen molar-refractivity contribution in [3.8, 4) is 0 Å². The van der Waals surface area contributed by atoms with Crippen molar-refractivity contribution >= 4 is 15.8 Å². The minimum Gasteiger partial charge on any atom is -0.388 e. The van der Waals surface area contributed by atoms with Gasteiger partial charge >= 0.3 is 0 Å². The molecule has 17 heavy (non-hydrogen) atoms. The van der Waals surface area contributed by atoms with Crippen molar-refractivity contribution in [3.05, 3.63) is 35.4 Å². The SMILES string of the molecule is Cc1cccc(C2=NOC3COS(=O)(=O)C23)c1. The highest BCUT2D eigenvalue weighted by atomic mass is 32.2. The third kappa shape index (κ3) is 1.64. The topological polar surface area (TPSA) is 65.0 Å². The molecular weight excluding hydrogens is 242 g/mol. The first-order valence-electron chi connectivity index (χ1n) is 5.27. The molecule has 2 heterocycles. The number of nitrogens with zero attached hydrogens (tertiary/aromatic N) is 1. The van der Waals surface area contributed by atoms with E-state index in [9.17, 15) is 8.42 Å². The third-order valence-electron chi connectivity index (χ3n) is 2.92. The number of hydrogen-bond acceptors (Lipinski definition) is 5. The molecular formula is C11H11NO4S. The van der Waals surface area contributed by atoms with Crippen LogP contribution in [0.1, 0.15) is 11.1 Å². The van der Waals surface area contributed by atoms with Gasteiger partial charge in [-0.05, 0) is 6.92 Å². The Morgan fingerprint density at radius 1 is 1.41 bits per heavy atom. The molecule has 0 radical (unpaired) electrons. The molecule has 1 saturated heterocycles. The second-order valence-electron chi connectivity index (χ2n) is 4.19. The molecule has 2 unspecified atom stereocenters. The third-order valence-corrected chi connectivity index (χ3v) is 4.53. The van der Waals surface area contributed by atoms with Gasteiger partial charge in [0.1, 0.15) is 12.3 Å². The molecule has 0 amide bonds. The fraction of sp³-hybridized carbons (Fsp3) is 0.364. The maximum Gasteiger partial charge on any atom is 0.280 e.